The minimum Gasteiger partial charge on any atom is -0.491 e. The Morgan fingerprint density at radius 2 is 1.96 bits per heavy atom. The number of hydrogen-bond donors (Lipinski definition) is 0. The van der Waals surface area contributed by atoms with E-state index in [0.29, 0.717) is 12.5 Å². The van der Waals surface area contributed by atoms with Gasteiger partial charge in [-0.3, -0.25) is 4.90 Å². The summed E-state index contributed by atoms with van der Waals surface area (Å²) in [4.78, 5) is 2.52. The molecule has 2 aromatic rings. The summed E-state index contributed by atoms with van der Waals surface area (Å²) in [5, 5.41) is 8.29. The Hall–Kier alpha value is -1.92. The van der Waals surface area contributed by atoms with Crippen molar-refractivity contribution in [2.45, 2.75) is 44.2 Å². The van der Waals surface area contributed by atoms with Crippen LogP contribution in [0.15, 0.2) is 30.6 Å². The largest absolute Gasteiger partial charge is 0.491 e. The van der Waals surface area contributed by atoms with Gasteiger partial charge in [0.05, 0.1) is 6.10 Å². The number of benzene rings is 1. The van der Waals surface area contributed by atoms with E-state index in [1.165, 1.54) is 5.56 Å². The van der Waals surface area contributed by atoms with Gasteiger partial charge in [0.1, 0.15) is 24.5 Å². The molecule has 2 aliphatic heterocycles. The van der Waals surface area contributed by atoms with E-state index in [4.69, 9.17) is 9.47 Å². The predicted octanol–water partition coefficient (Wildman–Crippen LogP) is 2.75. The van der Waals surface area contributed by atoms with Crippen molar-refractivity contribution in [2.24, 2.45) is 7.05 Å². The van der Waals surface area contributed by atoms with E-state index in [1.54, 1.807) is 6.33 Å². The molecule has 26 heavy (non-hydrogen) atoms. The first kappa shape index (κ1) is 17.5. The number of ether oxygens (including phenoxy) is 2. The van der Waals surface area contributed by atoms with Gasteiger partial charge in [-0.15, -0.1) is 10.2 Å². The molecule has 2 aliphatic rings. The predicted molar refractivity (Wildman–Crippen MR) is 99.2 cm³/mol. The molecule has 4 rings (SSSR count). The summed E-state index contributed by atoms with van der Waals surface area (Å²) < 4.78 is 13.5. The Morgan fingerprint density at radius 1 is 1.15 bits per heavy atom. The molecule has 1 aromatic carbocycles. The molecule has 0 N–H and O–H groups in total. The van der Waals surface area contributed by atoms with Gasteiger partial charge in [0.25, 0.3) is 0 Å². The normalized spacial score (nSPS) is 22.0. The third-order valence-corrected chi connectivity index (χ3v) is 5.49. The molecule has 0 spiro atoms. The van der Waals surface area contributed by atoms with E-state index in [9.17, 15) is 0 Å². The van der Waals surface area contributed by atoms with Crippen molar-refractivity contribution in [1.82, 2.24) is 19.7 Å². The van der Waals surface area contributed by atoms with Crippen molar-refractivity contribution in [3.05, 3.63) is 42.0 Å². The molecular formula is C20H28N4O2. The van der Waals surface area contributed by atoms with Gasteiger partial charge in [-0.25, -0.2) is 0 Å². The Balaban J connectivity index is 1.24. The van der Waals surface area contributed by atoms with Crippen molar-refractivity contribution in [3.63, 3.8) is 0 Å². The van der Waals surface area contributed by atoms with Crippen LogP contribution in [-0.4, -0.2) is 52.1 Å². The quantitative estimate of drug-likeness (QED) is 0.797. The van der Waals surface area contributed by atoms with E-state index in [1.807, 2.05) is 7.05 Å². The maximum atomic E-state index is 5.85. The molecule has 2 saturated heterocycles. The molecular weight excluding hydrogens is 328 g/mol. The molecule has 0 bridgehead atoms. The van der Waals surface area contributed by atoms with Crippen molar-refractivity contribution >= 4 is 0 Å². The third kappa shape index (κ3) is 4.24. The Labute approximate surface area is 155 Å². The average molecular weight is 356 g/mol. The first-order chi connectivity index (χ1) is 12.8. The molecule has 1 unspecified atom stereocenters. The monoisotopic (exact) mass is 356 g/mol. The smallest absolute Gasteiger partial charge is 0.135 e. The summed E-state index contributed by atoms with van der Waals surface area (Å²) in [6, 6.07) is 8.52. The molecule has 2 fully saturated rings. The lowest BCUT2D eigenvalue weighted by Gasteiger charge is -2.31. The van der Waals surface area contributed by atoms with Crippen LogP contribution in [0.1, 0.15) is 43.0 Å². The van der Waals surface area contributed by atoms with Crippen LogP contribution in [0.25, 0.3) is 0 Å². The van der Waals surface area contributed by atoms with Gasteiger partial charge in [-0.2, -0.15) is 0 Å². The number of likely N-dealkylation sites (tertiary alicyclic amines) is 1. The number of aryl methyl sites for hydroxylation is 1. The fourth-order valence-corrected chi connectivity index (χ4v) is 3.93. The van der Waals surface area contributed by atoms with E-state index < -0.39 is 0 Å². The maximum Gasteiger partial charge on any atom is 0.135 e. The number of hydrogen-bond acceptors (Lipinski definition) is 5. The average Bonchev–Trinajstić information content (AvgIpc) is 3.34. The zero-order valence-corrected chi connectivity index (χ0v) is 15.5. The zero-order valence-electron chi connectivity index (χ0n) is 15.5. The van der Waals surface area contributed by atoms with Gasteiger partial charge in [-0.1, -0.05) is 12.1 Å². The second-order valence-electron chi connectivity index (χ2n) is 7.44. The molecule has 6 heteroatoms. The van der Waals surface area contributed by atoms with Gasteiger partial charge in [-0.05, 0) is 56.5 Å². The van der Waals surface area contributed by atoms with Crippen LogP contribution in [0.3, 0.4) is 0 Å². The lowest BCUT2D eigenvalue weighted by molar-refractivity contribution is 0.0679. The molecule has 1 atom stereocenters. The molecule has 0 amide bonds. The molecule has 0 radical (unpaired) electrons. The summed E-state index contributed by atoms with van der Waals surface area (Å²) in [6.45, 7) is 4.75. The van der Waals surface area contributed by atoms with E-state index in [0.717, 1.165) is 63.5 Å². The highest BCUT2D eigenvalue weighted by molar-refractivity contribution is 5.27. The molecule has 1 aromatic heterocycles. The number of piperidine rings is 1. The molecule has 3 heterocycles. The SMILES string of the molecule is Cn1cnnc1C1CCN(Cc2ccc(OCC3CCCO3)cc2)CC1. The fourth-order valence-electron chi connectivity index (χ4n) is 3.93. The van der Waals surface area contributed by atoms with E-state index in [-0.39, 0.29) is 6.10 Å². The van der Waals surface area contributed by atoms with Crippen molar-refractivity contribution in [1.29, 1.82) is 0 Å². The van der Waals surface area contributed by atoms with Crippen molar-refractivity contribution in [2.75, 3.05) is 26.3 Å². The number of aromatic nitrogens is 3. The van der Waals surface area contributed by atoms with Crippen LogP contribution in [0.2, 0.25) is 0 Å². The van der Waals surface area contributed by atoms with Gasteiger partial charge in [0.15, 0.2) is 0 Å². The Bertz CT molecular complexity index is 686. The van der Waals surface area contributed by atoms with Crippen molar-refractivity contribution in [3.8, 4) is 5.75 Å². The summed E-state index contributed by atoms with van der Waals surface area (Å²) in [5.41, 5.74) is 1.34. The summed E-state index contributed by atoms with van der Waals surface area (Å²) >= 11 is 0. The minimum atomic E-state index is 0.268. The second-order valence-corrected chi connectivity index (χ2v) is 7.44. The molecule has 0 saturated carbocycles. The third-order valence-electron chi connectivity index (χ3n) is 5.49. The summed E-state index contributed by atoms with van der Waals surface area (Å²) in [5.74, 6) is 2.59. The lowest BCUT2D eigenvalue weighted by Crippen LogP contribution is -2.33. The first-order valence-corrected chi connectivity index (χ1v) is 9.67. The van der Waals surface area contributed by atoms with Crippen LogP contribution in [-0.2, 0) is 18.3 Å². The van der Waals surface area contributed by atoms with Gasteiger partial charge in [0.2, 0.25) is 0 Å². The van der Waals surface area contributed by atoms with Gasteiger partial charge in [0, 0.05) is 26.1 Å². The van der Waals surface area contributed by atoms with Crippen LogP contribution in [0.4, 0.5) is 0 Å². The van der Waals surface area contributed by atoms with Gasteiger partial charge < -0.3 is 14.0 Å². The molecule has 140 valence electrons. The minimum absolute atomic E-state index is 0.268. The number of rotatable bonds is 6. The second kappa shape index (κ2) is 8.18. The fraction of sp³-hybridized carbons (Fsp3) is 0.600. The topological polar surface area (TPSA) is 52.4 Å². The highest BCUT2D eigenvalue weighted by Crippen LogP contribution is 2.27. The Kier molecular flexibility index (Phi) is 5.51. The van der Waals surface area contributed by atoms with Gasteiger partial charge >= 0.3 is 0 Å². The Morgan fingerprint density at radius 3 is 2.62 bits per heavy atom. The number of nitrogens with zero attached hydrogens (tertiary/aromatic N) is 4. The lowest BCUT2D eigenvalue weighted by atomic mass is 9.95. The highest BCUT2D eigenvalue weighted by atomic mass is 16.5. The molecule has 0 aliphatic carbocycles. The maximum absolute atomic E-state index is 5.85. The highest BCUT2D eigenvalue weighted by Gasteiger charge is 2.23. The van der Waals surface area contributed by atoms with Crippen LogP contribution in [0.5, 0.6) is 5.75 Å². The summed E-state index contributed by atoms with van der Waals surface area (Å²) in [7, 11) is 2.03. The van der Waals surface area contributed by atoms with E-state index in [2.05, 4.69) is 43.9 Å². The van der Waals surface area contributed by atoms with E-state index >= 15 is 0 Å². The van der Waals surface area contributed by atoms with Crippen LogP contribution >= 0.6 is 0 Å². The van der Waals surface area contributed by atoms with Crippen LogP contribution in [0, 0.1) is 0 Å². The van der Waals surface area contributed by atoms with Crippen LogP contribution < -0.4 is 4.74 Å². The molecule has 6 nitrogen and oxygen atoms in total. The standard InChI is InChI=1S/C20H28N4O2/c1-23-15-21-22-20(23)17-8-10-24(11-9-17)13-16-4-6-18(7-5-16)26-14-19-3-2-12-25-19/h4-7,15,17,19H,2-3,8-14H2,1H3. The van der Waals surface area contributed by atoms with Crippen molar-refractivity contribution < 1.29 is 9.47 Å². The first-order valence-electron chi connectivity index (χ1n) is 9.67. The summed E-state index contributed by atoms with van der Waals surface area (Å²) in [6.07, 6.45) is 6.63. The zero-order chi connectivity index (χ0) is 17.8.